The summed E-state index contributed by atoms with van der Waals surface area (Å²) in [4.78, 5) is 11.2. The maximum Gasteiger partial charge on any atom is 0.311 e. The smallest absolute Gasteiger partial charge is 0.311 e. The zero-order valence-electron chi connectivity index (χ0n) is 9.41. The highest BCUT2D eigenvalue weighted by Gasteiger charge is 2.63. The molecule has 0 aromatic carbocycles. The van der Waals surface area contributed by atoms with Gasteiger partial charge in [0.05, 0.1) is 5.41 Å². The Morgan fingerprint density at radius 3 is 2.60 bits per heavy atom. The number of rotatable bonds is 6. The van der Waals surface area contributed by atoms with Gasteiger partial charge in [-0.15, -0.1) is 0 Å². The second-order valence-electron chi connectivity index (χ2n) is 5.27. The fourth-order valence-corrected chi connectivity index (χ4v) is 3.09. The highest BCUT2D eigenvalue weighted by Crippen LogP contribution is 2.61. The summed E-state index contributed by atoms with van der Waals surface area (Å²) in [5.74, 6) is 1.14. The molecular weight excluding hydrogens is 190 g/mol. The number of hydrogen-bond donors (Lipinski definition) is 2. The summed E-state index contributed by atoms with van der Waals surface area (Å²) in [6.07, 6.45) is 5.78. The quantitative estimate of drug-likeness (QED) is 0.705. The zero-order valence-corrected chi connectivity index (χ0v) is 9.41. The normalized spacial score (nSPS) is 36.3. The highest BCUT2D eigenvalue weighted by molar-refractivity contribution is 5.79. The van der Waals surface area contributed by atoms with Gasteiger partial charge in [0.15, 0.2) is 0 Å². The summed E-state index contributed by atoms with van der Waals surface area (Å²) in [6.45, 7) is 2.50. The standard InChI is InChI=1S/C12H21NO2/c1-2-3-9(8-4-5-8)10-6-12(10,7-13)11(14)15/h8-10H,2-7,13H2,1H3,(H,14,15). The van der Waals surface area contributed by atoms with Crippen LogP contribution >= 0.6 is 0 Å². The summed E-state index contributed by atoms with van der Waals surface area (Å²) in [7, 11) is 0. The molecule has 2 aliphatic carbocycles. The number of carboxylic acids is 1. The van der Waals surface area contributed by atoms with Gasteiger partial charge >= 0.3 is 5.97 Å². The van der Waals surface area contributed by atoms with Crippen LogP contribution in [-0.4, -0.2) is 17.6 Å². The Balaban J connectivity index is 2.02. The highest BCUT2D eigenvalue weighted by atomic mass is 16.4. The van der Waals surface area contributed by atoms with Crippen LogP contribution in [0.2, 0.25) is 0 Å². The van der Waals surface area contributed by atoms with Crippen LogP contribution in [0.1, 0.15) is 39.0 Å². The van der Waals surface area contributed by atoms with Crippen molar-refractivity contribution >= 4 is 5.97 Å². The minimum absolute atomic E-state index is 0.319. The number of aliphatic carboxylic acids is 1. The van der Waals surface area contributed by atoms with E-state index < -0.39 is 11.4 Å². The van der Waals surface area contributed by atoms with E-state index in [4.69, 9.17) is 5.73 Å². The van der Waals surface area contributed by atoms with Crippen molar-refractivity contribution in [2.45, 2.75) is 39.0 Å². The van der Waals surface area contributed by atoms with Crippen LogP contribution in [0.4, 0.5) is 0 Å². The molecule has 2 fully saturated rings. The molecule has 3 N–H and O–H groups in total. The van der Waals surface area contributed by atoms with E-state index in [2.05, 4.69) is 6.92 Å². The van der Waals surface area contributed by atoms with Gasteiger partial charge < -0.3 is 10.8 Å². The number of carbonyl (C=O) groups is 1. The molecule has 3 heteroatoms. The Morgan fingerprint density at radius 2 is 2.27 bits per heavy atom. The monoisotopic (exact) mass is 211 g/mol. The molecule has 2 saturated carbocycles. The van der Waals surface area contributed by atoms with Gasteiger partial charge in [0.1, 0.15) is 0 Å². The summed E-state index contributed by atoms with van der Waals surface area (Å²) in [5.41, 5.74) is 5.08. The van der Waals surface area contributed by atoms with E-state index in [1.807, 2.05) is 0 Å². The van der Waals surface area contributed by atoms with Crippen LogP contribution < -0.4 is 5.73 Å². The van der Waals surface area contributed by atoms with E-state index >= 15 is 0 Å². The van der Waals surface area contributed by atoms with Gasteiger partial charge in [-0.2, -0.15) is 0 Å². The Labute approximate surface area is 91.0 Å². The van der Waals surface area contributed by atoms with Crippen molar-refractivity contribution in [3.63, 3.8) is 0 Å². The Kier molecular flexibility index (Phi) is 2.75. The third kappa shape index (κ3) is 1.78. The Bertz CT molecular complexity index is 262. The first-order chi connectivity index (χ1) is 7.15. The molecule has 15 heavy (non-hydrogen) atoms. The van der Waals surface area contributed by atoms with Crippen LogP contribution in [0, 0.1) is 23.2 Å². The molecule has 2 rings (SSSR count). The van der Waals surface area contributed by atoms with Crippen LogP contribution in [0.25, 0.3) is 0 Å². The van der Waals surface area contributed by atoms with Crippen molar-refractivity contribution in [2.75, 3.05) is 6.54 Å². The first-order valence-electron chi connectivity index (χ1n) is 6.09. The van der Waals surface area contributed by atoms with E-state index in [0.717, 1.165) is 18.8 Å². The summed E-state index contributed by atoms with van der Waals surface area (Å²) in [6, 6.07) is 0. The third-order valence-electron chi connectivity index (χ3n) is 4.29. The van der Waals surface area contributed by atoms with Crippen LogP contribution in [0.15, 0.2) is 0 Å². The molecule has 86 valence electrons. The zero-order chi connectivity index (χ0) is 11.1. The average molecular weight is 211 g/mol. The molecule has 0 amide bonds. The molecule has 2 aliphatic rings. The number of hydrogen-bond acceptors (Lipinski definition) is 2. The summed E-state index contributed by atoms with van der Waals surface area (Å²) >= 11 is 0. The lowest BCUT2D eigenvalue weighted by atomic mass is 9.87. The van der Waals surface area contributed by atoms with E-state index in [0.29, 0.717) is 18.4 Å². The first kappa shape index (κ1) is 10.9. The van der Waals surface area contributed by atoms with Crippen LogP contribution in [-0.2, 0) is 4.79 Å². The van der Waals surface area contributed by atoms with Gasteiger partial charge in [0.2, 0.25) is 0 Å². The first-order valence-corrected chi connectivity index (χ1v) is 6.09. The van der Waals surface area contributed by atoms with Crippen molar-refractivity contribution in [1.29, 1.82) is 0 Å². The van der Waals surface area contributed by atoms with Crippen LogP contribution in [0.5, 0.6) is 0 Å². The number of carboxylic acid groups (broad SMARTS) is 1. The van der Waals surface area contributed by atoms with Gasteiger partial charge in [0.25, 0.3) is 0 Å². The van der Waals surface area contributed by atoms with E-state index in [1.165, 1.54) is 19.3 Å². The van der Waals surface area contributed by atoms with Crippen molar-refractivity contribution in [2.24, 2.45) is 28.9 Å². The van der Waals surface area contributed by atoms with E-state index in [1.54, 1.807) is 0 Å². The fraction of sp³-hybridized carbons (Fsp3) is 0.917. The summed E-state index contributed by atoms with van der Waals surface area (Å²) < 4.78 is 0. The van der Waals surface area contributed by atoms with E-state index in [-0.39, 0.29) is 0 Å². The SMILES string of the molecule is CCCC(C1CC1)C1CC1(CN)C(=O)O. The summed E-state index contributed by atoms with van der Waals surface area (Å²) in [5, 5.41) is 9.21. The van der Waals surface area contributed by atoms with Gasteiger partial charge in [-0.3, -0.25) is 4.79 Å². The largest absolute Gasteiger partial charge is 0.481 e. The van der Waals surface area contributed by atoms with Gasteiger partial charge in [0, 0.05) is 6.54 Å². The maximum atomic E-state index is 11.2. The lowest BCUT2D eigenvalue weighted by molar-refractivity contribution is -0.143. The molecule has 0 aromatic rings. The molecule has 0 aliphatic heterocycles. The number of nitrogens with two attached hydrogens (primary N) is 1. The molecule has 0 radical (unpaired) electrons. The van der Waals surface area contributed by atoms with Crippen molar-refractivity contribution in [1.82, 2.24) is 0 Å². The molecule has 0 saturated heterocycles. The van der Waals surface area contributed by atoms with Crippen molar-refractivity contribution < 1.29 is 9.90 Å². The molecule has 3 unspecified atom stereocenters. The van der Waals surface area contributed by atoms with Crippen LogP contribution in [0.3, 0.4) is 0 Å². The maximum absolute atomic E-state index is 11.2. The topological polar surface area (TPSA) is 63.3 Å². The molecule has 0 bridgehead atoms. The van der Waals surface area contributed by atoms with Crippen molar-refractivity contribution in [3.8, 4) is 0 Å². The lowest BCUT2D eigenvalue weighted by Crippen LogP contribution is -2.29. The lowest BCUT2D eigenvalue weighted by Gasteiger charge is -2.18. The predicted molar refractivity (Wildman–Crippen MR) is 58.4 cm³/mol. The fourth-order valence-electron chi connectivity index (χ4n) is 3.09. The minimum Gasteiger partial charge on any atom is -0.481 e. The molecular formula is C12H21NO2. The Hall–Kier alpha value is -0.570. The minimum atomic E-state index is -0.670. The molecule has 3 atom stereocenters. The predicted octanol–water partition coefficient (Wildman–Crippen LogP) is 1.86. The average Bonchev–Trinajstić information content (AvgIpc) is 3.08. The molecule has 0 spiro atoms. The molecule has 3 nitrogen and oxygen atoms in total. The molecule has 0 aromatic heterocycles. The van der Waals surface area contributed by atoms with Gasteiger partial charge in [-0.05, 0) is 37.0 Å². The van der Waals surface area contributed by atoms with E-state index in [9.17, 15) is 9.90 Å². The second-order valence-corrected chi connectivity index (χ2v) is 5.27. The third-order valence-corrected chi connectivity index (χ3v) is 4.29. The molecule has 0 heterocycles. The van der Waals surface area contributed by atoms with Gasteiger partial charge in [-0.1, -0.05) is 19.8 Å². The van der Waals surface area contributed by atoms with Crippen molar-refractivity contribution in [3.05, 3.63) is 0 Å². The van der Waals surface area contributed by atoms with Gasteiger partial charge in [-0.25, -0.2) is 0 Å². The Morgan fingerprint density at radius 1 is 1.60 bits per heavy atom. The second kappa shape index (κ2) is 3.78.